The predicted octanol–water partition coefficient (Wildman–Crippen LogP) is 2.50. The zero-order valence-electron chi connectivity index (χ0n) is 11.4. The van der Waals surface area contributed by atoms with Gasteiger partial charge in [-0.3, -0.25) is 4.79 Å². The van der Waals surface area contributed by atoms with Crippen molar-refractivity contribution in [3.05, 3.63) is 28.7 Å². The molecule has 1 aromatic carbocycles. The number of carbonyl (C=O) groups is 1. The van der Waals surface area contributed by atoms with E-state index in [1.54, 1.807) is 18.2 Å². The van der Waals surface area contributed by atoms with Crippen molar-refractivity contribution in [2.45, 2.75) is 19.3 Å². The largest absolute Gasteiger partial charge is 0.492 e. The number of carboxylic acids is 1. The minimum absolute atomic E-state index is 0.0614. The highest BCUT2D eigenvalue weighted by Gasteiger charge is 2.47. The van der Waals surface area contributed by atoms with Gasteiger partial charge in [-0.25, -0.2) is 8.42 Å². The number of rotatable bonds is 8. The summed E-state index contributed by atoms with van der Waals surface area (Å²) in [5, 5.41) is 8.81. The van der Waals surface area contributed by atoms with E-state index < -0.39 is 21.2 Å². The van der Waals surface area contributed by atoms with Crippen molar-refractivity contribution in [3.63, 3.8) is 0 Å². The van der Waals surface area contributed by atoms with Crippen molar-refractivity contribution in [3.8, 4) is 5.75 Å². The molecule has 0 spiro atoms. The smallest absolute Gasteiger partial charge is 0.303 e. The van der Waals surface area contributed by atoms with Crippen LogP contribution in [0.1, 0.15) is 19.3 Å². The molecule has 7 heteroatoms. The molecule has 5 nitrogen and oxygen atoms in total. The molecule has 116 valence electrons. The minimum Gasteiger partial charge on any atom is -0.492 e. The molecule has 0 heterocycles. The van der Waals surface area contributed by atoms with Crippen LogP contribution in [0.4, 0.5) is 0 Å². The molecule has 0 atom stereocenters. The summed E-state index contributed by atoms with van der Waals surface area (Å²) >= 11 is 3.31. The van der Waals surface area contributed by atoms with Crippen molar-refractivity contribution in [2.24, 2.45) is 5.41 Å². The highest BCUT2D eigenvalue weighted by Crippen LogP contribution is 2.49. The maximum Gasteiger partial charge on any atom is 0.303 e. The van der Waals surface area contributed by atoms with Gasteiger partial charge in [-0.05, 0) is 36.5 Å². The Morgan fingerprint density at radius 3 is 2.67 bits per heavy atom. The van der Waals surface area contributed by atoms with Crippen LogP contribution in [0.15, 0.2) is 28.7 Å². The predicted molar refractivity (Wildman–Crippen MR) is 82.2 cm³/mol. The van der Waals surface area contributed by atoms with Crippen molar-refractivity contribution < 1.29 is 23.1 Å². The van der Waals surface area contributed by atoms with Gasteiger partial charge in [0.15, 0.2) is 9.84 Å². The minimum atomic E-state index is -3.30. The molecule has 1 aromatic rings. The molecular formula is C14H17BrO5S. The van der Waals surface area contributed by atoms with Gasteiger partial charge in [-0.2, -0.15) is 0 Å². The Balaban J connectivity index is 1.83. The normalized spacial score (nSPS) is 16.4. The third kappa shape index (κ3) is 5.32. The van der Waals surface area contributed by atoms with Crippen molar-refractivity contribution in [2.75, 3.05) is 18.1 Å². The molecule has 0 amide bonds. The maximum atomic E-state index is 12.0. The molecule has 1 aliphatic rings. The van der Waals surface area contributed by atoms with Crippen molar-refractivity contribution in [1.82, 2.24) is 0 Å². The lowest BCUT2D eigenvalue weighted by atomic mass is 10.1. The SMILES string of the molecule is O=C(O)CC1(CS(=O)(=O)CCOc2cccc(Br)c2)CC1. The van der Waals surface area contributed by atoms with Crippen LogP contribution in [0, 0.1) is 5.41 Å². The first-order chi connectivity index (χ1) is 9.80. The van der Waals surface area contributed by atoms with E-state index in [4.69, 9.17) is 9.84 Å². The number of hydrogen-bond acceptors (Lipinski definition) is 4. The van der Waals surface area contributed by atoms with Gasteiger partial charge >= 0.3 is 5.97 Å². The van der Waals surface area contributed by atoms with Gasteiger partial charge in [0.2, 0.25) is 0 Å². The molecule has 0 bridgehead atoms. The van der Waals surface area contributed by atoms with E-state index in [1.807, 2.05) is 6.07 Å². The fourth-order valence-electron chi connectivity index (χ4n) is 2.25. The molecule has 0 aliphatic heterocycles. The van der Waals surface area contributed by atoms with Crippen LogP contribution in [-0.2, 0) is 14.6 Å². The molecule has 0 radical (unpaired) electrons. The maximum absolute atomic E-state index is 12.0. The average Bonchev–Trinajstić information content (AvgIpc) is 3.06. The quantitative estimate of drug-likeness (QED) is 0.753. The van der Waals surface area contributed by atoms with Crippen LogP contribution in [-0.4, -0.2) is 37.6 Å². The molecule has 0 unspecified atom stereocenters. The number of aliphatic carboxylic acids is 1. The Morgan fingerprint density at radius 1 is 1.38 bits per heavy atom. The molecule has 0 saturated heterocycles. The van der Waals surface area contributed by atoms with Crippen LogP contribution in [0.5, 0.6) is 5.75 Å². The van der Waals surface area contributed by atoms with E-state index in [2.05, 4.69) is 15.9 Å². The van der Waals surface area contributed by atoms with Gasteiger partial charge in [-0.1, -0.05) is 22.0 Å². The Kier molecular flexibility index (Phi) is 4.93. The van der Waals surface area contributed by atoms with Crippen LogP contribution in [0.2, 0.25) is 0 Å². The Labute approximate surface area is 132 Å². The lowest BCUT2D eigenvalue weighted by Crippen LogP contribution is -2.25. The lowest BCUT2D eigenvalue weighted by Gasteiger charge is -2.13. The second kappa shape index (κ2) is 6.36. The lowest BCUT2D eigenvalue weighted by molar-refractivity contribution is -0.138. The number of carboxylic acid groups (broad SMARTS) is 1. The first kappa shape index (κ1) is 16.3. The van der Waals surface area contributed by atoms with Crippen LogP contribution in [0.25, 0.3) is 0 Å². The summed E-state index contributed by atoms with van der Waals surface area (Å²) in [6, 6.07) is 7.18. The second-order valence-electron chi connectivity index (χ2n) is 5.47. The van der Waals surface area contributed by atoms with Gasteiger partial charge < -0.3 is 9.84 Å². The Morgan fingerprint density at radius 2 is 2.10 bits per heavy atom. The summed E-state index contributed by atoms with van der Waals surface area (Å²) in [5.74, 6) is -0.492. The second-order valence-corrected chi connectivity index (χ2v) is 8.57. The van der Waals surface area contributed by atoms with E-state index >= 15 is 0 Å². The fraction of sp³-hybridized carbons (Fsp3) is 0.500. The van der Waals surface area contributed by atoms with Gasteiger partial charge in [0.05, 0.1) is 17.9 Å². The third-order valence-corrected chi connectivity index (χ3v) is 5.80. The molecule has 1 N–H and O–H groups in total. The first-order valence-electron chi connectivity index (χ1n) is 6.61. The van der Waals surface area contributed by atoms with Crippen molar-refractivity contribution in [1.29, 1.82) is 0 Å². The molecule has 21 heavy (non-hydrogen) atoms. The molecule has 0 aromatic heterocycles. The monoisotopic (exact) mass is 376 g/mol. The van der Waals surface area contributed by atoms with Gasteiger partial charge in [0, 0.05) is 4.47 Å². The summed E-state index contributed by atoms with van der Waals surface area (Å²) in [7, 11) is -3.30. The zero-order valence-corrected chi connectivity index (χ0v) is 13.8. The van der Waals surface area contributed by atoms with E-state index in [0.29, 0.717) is 18.6 Å². The molecule has 2 rings (SSSR count). The van der Waals surface area contributed by atoms with Crippen molar-refractivity contribution >= 4 is 31.7 Å². The number of ether oxygens (including phenoxy) is 1. The Hall–Kier alpha value is -1.08. The summed E-state index contributed by atoms with van der Waals surface area (Å²) in [4.78, 5) is 10.7. The highest BCUT2D eigenvalue weighted by molar-refractivity contribution is 9.10. The van der Waals surface area contributed by atoms with E-state index in [1.165, 1.54) is 0 Å². The van der Waals surface area contributed by atoms with E-state index in [0.717, 1.165) is 4.47 Å². The molecule has 1 aliphatic carbocycles. The standard InChI is InChI=1S/C14H17BrO5S/c15-11-2-1-3-12(8-11)20-6-7-21(18,19)10-14(4-5-14)9-13(16)17/h1-3,8H,4-7,9-10H2,(H,16,17). The summed E-state index contributed by atoms with van der Waals surface area (Å²) < 4.78 is 30.4. The summed E-state index contributed by atoms with van der Waals surface area (Å²) in [5.41, 5.74) is -0.541. The zero-order chi connectivity index (χ0) is 15.5. The number of sulfone groups is 1. The topological polar surface area (TPSA) is 80.7 Å². The van der Waals surface area contributed by atoms with Crippen LogP contribution >= 0.6 is 15.9 Å². The molecule has 1 saturated carbocycles. The number of benzene rings is 1. The van der Waals surface area contributed by atoms with Gasteiger partial charge in [0.25, 0.3) is 0 Å². The fourth-order valence-corrected chi connectivity index (χ4v) is 4.44. The summed E-state index contributed by atoms with van der Waals surface area (Å²) in [6.07, 6.45) is 1.27. The van der Waals surface area contributed by atoms with Crippen LogP contribution < -0.4 is 4.74 Å². The highest BCUT2D eigenvalue weighted by atomic mass is 79.9. The van der Waals surface area contributed by atoms with E-state index in [9.17, 15) is 13.2 Å². The summed E-state index contributed by atoms with van der Waals surface area (Å²) in [6.45, 7) is 0.0714. The van der Waals surface area contributed by atoms with Gasteiger partial charge in [0.1, 0.15) is 12.4 Å². The Bertz CT molecular complexity index is 622. The van der Waals surface area contributed by atoms with E-state index in [-0.39, 0.29) is 24.5 Å². The molecule has 1 fully saturated rings. The number of hydrogen-bond donors (Lipinski definition) is 1. The average molecular weight is 377 g/mol. The van der Waals surface area contributed by atoms with Crippen LogP contribution in [0.3, 0.4) is 0 Å². The number of halogens is 1. The van der Waals surface area contributed by atoms with Gasteiger partial charge in [-0.15, -0.1) is 0 Å². The first-order valence-corrected chi connectivity index (χ1v) is 9.22. The molecular weight excluding hydrogens is 360 g/mol. The third-order valence-electron chi connectivity index (χ3n) is 3.47.